The molecule has 106 valence electrons. The van der Waals surface area contributed by atoms with Crippen LogP contribution in [0.25, 0.3) is 0 Å². The maximum absolute atomic E-state index is 12.2. The van der Waals surface area contributed by atoms with Crippen molar-refractivity contribution in [3.63, 3.8) is 0 Å². The van der Waals surface area contributed by atoms with Gasteiger partial charge in [-0.3, -0.25) is 4.79 Å². The van der Waals surface area contributed by atoms with Gasteiger partial charge in [-0.05, 0) is 41.9 Å². The van der Waals surface area contributed by atoms with E-state index in [-0.39, 0.29) is 17.2 Å². The van der Waals surface area contributed by atoms with Gasteiger partial charge in [0.2, 0.25) is 5.91 Å². The maximum Gasteiger partial charge on any atom is 0.244 e. The minimum atomic E-state index is 0.0737. The minimum Gasteiger partial charge on any atom is -0.273 e. The molecule has 2 saturated carbocycles. The van der Waals surface area contributed by atoms with E-state index >= 15 is 0 Å². The average Bonchev–Trinajstić information content (AvgIpc) is 3.06. The lowest BCUT2D eigenvalue weighted by atomic mass is 9.90. The molecule has 0 bridgehead atoms. The van der Waals surface area contributed by atoms with Crippen molar-refractivity contribution in [1.82, 2.24) is 5.43 Å². The van der Waals surface area contributed by atoms with Crippen LogP contribution in [0.1, 0.15) is 38.2 Å². The largest absolute Gasteiger partial charge is 0.273 e. The Kier molecular flexibility index (Phi) is 3.55. The SMILES string of the molecule is C[C@]12CCCC[C@@H]1[C@@H]2C(=O)N/N=C\c1ccc(Cl)cc1. The highest BCUT2D eigenvalue weighted by Gasteiger charge is 2.64. The number of nitrogens with one attached hydrogen (secondary N) is 1. The summed E-state index contributed by atoms with van der Waals surface area (Å²) >= 11 is 5.82. The summed E-state index contributed by atoms with van der Waals surface area (Å²) in [6, 6.07) is 7.36. The number of rotatable bonds is 3. The molecule has 4 heteroatoms. The van der Waals surface area contributed by atoms with E-state index in [1.165, 1.54) is 25.7 Å². The Bertz CT molecular complexity index is 540. The molecule has 3 rings (SSSR count). The Balaban J connectivity index is 1.56. The highest BCUT2D eigenvalue weighted by Crippen LogP contribution is 2.66. The van der Waals surface area contributed by atoms with Crippen LogP contribution in [0.3, 0.4) is 0 Å². The first-order chi connectivity index (χ1) is 9.61. The van der Waals surface area contributed by atoms with Gasteiger partial charge in [0, 0.05) is 10.9 Å². The minimum absolute atomic E-state index is 0.0737. The lowest BCUT2D eigenvalue weighted by Gasteiger charge is -2.15. The first-order valence-electron chi connectivity index (χ1n) is 7.20. The smallest absolute Gasteiger partial charge is 0.244 e. The first kappa shape index (κ1) is 13.6. The van der Waals surface area contributed by atoms with Crippen LogP contribution in [0.4, 0.5) is 0 Å². The van der Waals surface area contributed by atoms with Crippen LogP contribution in [0.5, 0.6) is 0 Å². The van der Waals surface area contributed by atoms with Gasteiger partial charge >= 0.3 is 0 Å². The number of hydrogen-bond donors (Lipinski definition) is 1. The normalized spacial score (nSPS) is 31.9. The molecule has 2 fully saturated rings. The zero-order valence-electron chi connectivity index (χ0n) is 11.6. The number of carbonyl (C=O) groups excluding carboxylic acids is 1. The van der Waals surface area contributed by atoms with Crippen LogP contribution in [0, 0.1) is 17.3 Å². The molecule has 1 N–H and O–H groups in total. The molecule has 0 aliphatic heterocycles. The van der Waals surface area contributed by atoms with Crippen LogP contribution in [-0.4, -0.2) is 12.1 Å². The molecule has 0 saturated heterocycles. The second-order valence-electron chi connectivity index (χ2n) is 6.12. The van der Waals surface area contributed by atoms with Crippen molar-refractivity contribution in [3.8, 4) is 0 Å². The van der Waals surface area contributed by atoms with E-state index < -0.39 is 0 Å². The van der Waals surface area contributed by atoms with Gasteiger partial charge in [0.05, 0.1) is 6.21 Å². The number of nitrogens with zero attached hydrogens (tertiary/aromatic N) is 1. The molecule has 20 heavy (non-hydrogen) atoms. The van der Waals surface area contributed by atoms with Gasteiger partial charge in [-0.15, -0.1) is 0 Å². The number of fused-ring (bicyclic) bond motifs is 1. The third kappa shape index (κ3) is 2.47. The Hall–Kier alpha value is -1.35. The standard InChI is InChI=1S/C16H19ClN2O/c1-16-9-3-2-4-13(16)14(16)15(20)19-18-10-11-5-7-12(17)8-6-11/h5-8,10,13-14H,2-4,9H2,1H3,(H,19,20)/b18-10-/t13-,14-,16+/m1/s1. The van der Waals surface area contributed by atoms with E-state index in [4.69, 9.17) is 11.6 Å². The van der Waals surface area contributed by atoms with E-state index in [2.05, 4.69) is 17.5 Å². The number of hydrogen-bond acceptors (Lipinski definition) is 2. The van der Waals surface area contributed by atoms with Gasteiger partial charge < -0.3 is 0 Å². The van der Waals surface area contributed by atoms with E-state index in [1.807, 2.05) is 12.1 Å². The van der Waals surface area contributed by atoms with Crippen molar-refractivity contribution in [3.05, 3.63) is 34.9 Å². The molecule has 1 amide bonds. The molecule has 3 nitrogen and oxygen atoms in total. The fourth-order valence-corrected chi connectivity index (χ4v) is 3.77. The number of halogens is 1. The molecule has 0 spiro atoms. The molecule has 2 aliphatic rings. The second-order valence-corrected chi connectivity index (χ2v) is 6.56. The molecule has 0 unspecified atom stereocenters. The van der Waals surface area contributed by atoms with Crippen LogP contribution in [0.15, 0.2) is 29.4 Å². The van der Waals surface area contributed by atoms with Crippen molar-refractivity contribution in [2.75, 3.05) is 0 Å². The number of hydrazone groups is 1. The summed E-state index contributed by atoms with van der Waals surface area (Å²) < 4.78 is 0. The van der Waals surface area contributed by atoms with Crippen molar-refractivity contribution in [2.24, 2.45) is 22.4 Å². The molecule has 0 radical (unpaired) electrons. The molecule has 0 aromatic heterocycles. The van der Waals surface area contributed by atoms with Gasteiger partial charge in [-0.1, -0.05) is 43.5 Å². The highest BCUT2D eigenvalue weighted by molar-refractivity contribution is 6.30. The predicted molar refractivity (Wildman–Crippen MR) is 80.7 cm³/mol. The van der Waals surface area contributed by atoms with Crippen LogP contribution in [0.2, 0.25) is 5.02 Å². The van der Waals surface area contributed by atoms with Gasteiger partial charge in [-0.25, -0.2) is 5.43 Å². The molecule has 1 aromatic rings. The van der Waals surface area contributed by atoms with Crippen LogP contribution < -0.4 is 5.43 Å². The van der Waals surface area contributed by atoms with Crippen molar-refractivity contribution in [1.29, 1.82) is 0 Å². The Labute approximate surface area is 124 Å². The topological polar surface area (TPSA) is 41.5 Å². The molecule has 1 aromatic carbocycles. The summed E-state index contributed by atoms with van der Waals surface area (Å²) in [6.45, 7) is 2.24. The third-order valence-corrected chi connectivity index (χ3v) is 5.12. The molecule has 3 atom stereocenters. The summed E-state index contributed by atoms with van der Waals surface area (Å²) in [7, 11) is 0. The van der Waals surface area contributed by atoms with Crippen molar-refractivity contribution >= 4 is 23.7 Å². The zero-order chi connectivity index (χ0) is 14.2. The second kappa shape index (κ2) is 5.21. The summed E-state index contributed by atoms with van der Waals surface area (Å²) in [6.07, 6.45) is 6.54. The quantitative estimate of drug-likeness (QED) is 0.670. The predicted octanol–water partition coefficient (Wildman–Crippen LogP) is 3.62. The van der Waals surface area contributed by atoms with Gasteiger partial charge in [0.15, 0.2) is 0 Å². The Morgan fingerprint density at radius 3 is 2.80 bits per heavy atom. The highest BCUT2D eigenvalue weighted by atomic mass is 35.5. The van der Waals surface area contributed by atoms with Crippen LogP contribution >= 0.6 is 11.6 Å². The molecule has 0 heterocycles. The summed E-state index contributed by atoms with van der Waals surface area (Å²) in [5.41, 5.74) is 3.85. The monoisotopic (exact) mass is 290 g/mol. The Morgan fingerprint density at radius 2 is 2.15 bits per heavy atom. The van der Waals surface area contributed by atoms with Gasteiger partial charge in [-0.2, -0.15) is 5.10 Å². The lowest BCUT2D eigenvalue weighted by molar-refractivity contribution is -0.123. The van der Waals surface area contributed by atoms with Gasteiger partial charge in [0.1, 0.15) is 0 Å². The average molecular weight is 291 g/mol. The zero-order valence-corrected chi connectivity index (χ0v) is 12.4. The van der Waals surface area contributed by atoms with Crippen molar-refractivity contribution in [2.45, 2.75) is 32.6 Å². The Morgan fingerprint density at radius 1 is 1.40 bits per heavy atom. The van der Waals surface area contributed by atoms with E-state index in [9.17, 15) is 4.79 Å². The summed E-state index contributed by atoms with van der Waals surface area (Å²) in [5.74, 6) is 0.805. The van der Waals surface area contributed by atoms with E-state index in [0.29, 0.717) is 10.9 Å². The first-order valence-corrected chi connectivity index (χ1v) is 7.57. The van der Waals surface area contributed by atoms with Crippen LogP contribution in [-0.2, 0) is 4.79 Å². The number of carbonyl (C=O) groups is 1. The van der Waals surface area contributed by atoms with E-state index in [1.54, 1.807) is 18.3 Å². The number of amides is 1. The number of benzene rings is 1. The molecular weight excluding hydrogens is 272 g/mol. The lowest BCUT2D eigenvalue weighted by Crippen LogP contribution is -2.22. The summed E-state index contributed by atoms with van der Waals surface area (Å²) in [5, 5.41) is 4.75. The molecular formula is C16H19ClN2O. The van der Waals surface area contributed by atoms with Gasteiger partial charge in [0.25, 0.3) is 0 Å². The fraction of sp³-hybridized carbons (Fsp3) is 0.500. The van der Waals surface area contributed by atoms with E-state index in [0.717, 1.165) is 5.56 Å². The third-order valence-electron chi connectivity index (χ3n) is 4.87. The maximum atomic E-state index is 12.2. The molecule has 2 aliphatic carbocycles. The fourth-order valence-electron chi connectivity index (χ4n) is 3.64. The summed E-state index contributed by atoms with van der Waals surface area (Å²) in [4.78, 5) is 12.2. The van der Waals surface area contributed by atoms with Crippen molar-refractivity contribution < 1.29 is 4.79 Å².